The first kappa shape index (κ1) is 39.0. The fourth-order valence-electron chi connectivity index (χ4n) is 10.7. The van der Waals surface area contributed by atoms with Crippen molar-refractivity contribution in [1.82, 2.24) is 0 Å². The van der Waals surface area contributed by atoms with E-state index in [1.54, 1.807) is 0 Å². The van der Waals surface area contributed by atoms with Crippen LogP contribution in [-0.2, 0) is 5.41 Å². The van der Waals surface area contributed by atoms with Crippen LogP contribution in [0.4, 0.5) is 17.1 Å². The van der Waals surface area contributed by atoms with E-state index < -0.39 is 10.0 Å². The largest absolute Gasteiger partial charge is 0.310 e. The summed E-state index contributed by atoms with van der Waals surface area (Å²) in [5, 5.41) is 0. The Labute approximate surface area is 384 Å². The minimum Gasteiger partial charge on any atom is -0.310 e. The lowest BCUT2D eigenvalue weighted by Crippen LogP contribution is -2.17. The molecule has 0 unspecified atom stereocenters. The van der Waals surface area contributed by atoms with Gasteiger partial charge in [0, 0.05) is 47.5 Å². The van der Waals surface area contributed by atoms with Crippen LogP contribution in [0.25, 0.3) is 55.6 Å². The first-order valence-corrected chi connectivity index (χ1v) is 24.2. The topological polar surface area (TPSA) is 3.24 Å². The number of anilines is 3. The lowest BCUT2D eigenvalue weighted by atomic mass is 9.82. The summed E-state index contributed by atoms with van der Waals surface area (Å²) in [6, 6.07) is 92.4. The monoisotopic (exact) mass is 849 g/mol. The Morgan fingerprint density at radius 3 is 1.52 bits per heavy atom. The molecule has 1 nitrogen and oxygen atoms in total. The van der Waals surface area contributed by atoms with Gasteiger partial charge in [0.25, 0.3) is 0 Å². The average molecular weight is 850 g/mol. The van der Waals surface area contributed by atoms with Crippen LogP contribution >= 0.6 is 10.0 Å². The third-order valence-corrected chi connectivity index (χ3v) is 17.7. The normalized spacial score (nSPS) is 14.1. The van der Waals surface area contributed by atoms with Crippen molar-refractivity contribution >= 4 is 27.1 Å². The van der Waals surface area contributed by atoms with Crippen LogP contribution in [0.3, 0.4) is 0 Å². The summed E-state index contributed by atoms with van der Waals surface area (Å²) in [5.41, 5.74) is 18.4. The Kier molecular flexibility index (Phi) is 9.33. The maximum Gasteiger partial charge on any atom is 0.0540 e. The molecule has 1 aliphatic heterocycles. The minimum absolute atomic E-state index is 0.141. The molecule has 0 saturated carbocycles. The maximum absolute atomic E-state index is 2.48. The van der Waals surface area contributed by atoms with Crippen molar-refractivity contribution in [2.24, 2.45) is 0 Å². The second-order valence-electron chi connectivity index (χ2n) is 17.7. The van der Waals surface area contributed by atoms with Gasteiger partial charge in [-0.2, -0.15) is 0 Å². The Bertz CT molecular complexity index is 3340. The molecule has 0 bridgehead atoms. The number of nitrogens with zero attached hydrogens (tertiary/aromatic N) is 1. The molecular formula is C63H47NS. The van der Waals surface area contributed by atoms with Gasteiger partial charge in [0.05, 0.1) is 5.69 Å². The standard InChI is InChI=1S/C63H47NS/c1-63(2)57-31-17-15-28-53(57)54-40-39-49(43-58(54)63)64(59-41-36-47(44-20-7-3-8-21-44)42-56(59)45-22-9-4-10-23-45)48-37-34-46(35-38-48)52-30-19-33-61-62(52)55-29-16-18-32-60(55)65(61,50-24-11-5-12-25-50)51-26-13-6-14-27-51/h3-43H,1-2H3. The van der Waals surface area contributed by atoms with Crippen LogP contribution in [0.2, 0.25) is 0 Å². The number of hydrogen-bond donors (Lipinski definition) is 0. The molecule has 10 aromatic rings. The van der Waals surface area contributed by atoms with E-state index in [4.69, 9.17) is 0 Å². The summed E-state index contributed by atoms with van der Waals surface area (Å²) in [4.78, 5) is 7.98. The molecular weight excluding hydrogens is 803 g/mol. The van der Waals surface area contributed by atoms with Crippen LogP contribution in [-0.4, -0.2) is 0 Å². The van der Waals surface area contributed by atoms with Crippen molar-refractivity contribution in [3.05, 3.63) is 260 Å². The summed E-state index contributed by atoms with van der Waals surface area (Å²) in [7, 11) is -1.76. The van der Waals surface area contributed by atoms with Gasteiger partial charge in [0.2, 0.25) is 0 Å². The van der Waals surface area contributed by atoms with Gasteiger partial charge in [0.15, 0.2) is 0 Å². The highest BCUT2D eigenvalue weighted by molar-refractivity contribution is 8.34. The number of benzene rings is 10. The molecule has 0 atom stereocenters. The highest BCUT2D eigenvalue weighted by atomic mass is 32.3. The zero-order chi connectivity index (χ0) is 43.5. The minimum atomic E-state index is -1.76. The second kappa shape index (κ2) is 15.6. The molecule has 2 heteroatoms. The van der Waals surface area contributed by atoms with Crippen LogP contribution in [0.1, 0.15) is 25.0 Å². The van der Waals surface area contributed by atoms with Gasteiger partial charge >= 0.3 is 0 Å². The quantitative estimate of drug-likeness (QED) is 0.147. The van der Waals surface area contributed by atoms with Crippen molar-refractivity contribution in [2.45, 2.75) is 38.8 Å². The Balaban J connectivity index is 1.05. The van der Waals surface area contributed by atoms with Gasteiger partial charge in [-0.1, -0.05) is 190 Å². The first-order chi connectivity index (χ1) is 32.0. The highest BCUT2D eigenvalue weighted by Crippen LogP contribution is 2.80. The zero-order valence-electron chi connectivity index (χ0n) is 36.5. The molecule has 0 amide bonds. The fraction of sp³-hybridized carbons (Fsp3) is 0.0476. The predicted molar refractivity (Wildman–Crippen MR) is 274 cm³/mol. The van der Waals surface area contributed by atoms with E-state index in [1.165, 1.54) is 86.3 Å². The van der Waals surface area contributed by atoms with E-state index in [1.807, 2.05) is 0 Å². The van der Waals surface area contributed by atoms with E-state index in [2.05, 4.69) is 267 Å². The number of rotatable bonds is 8. The Morgan fingerprint density at radius 2 is 0.831 bits per heavy atom. The summed E-state index contributed by atoms with van der Waals surface area (Å²) >= 11 is 0. The highest BCUT2D eigenvalue weighted by Gasteiger charge is 2.43. The third kappa shape index (κ3) is 6.16. The van der Waals surface area contributed by atoms with E-state index >= 15 is 0 Å². The van der Waals surface area contributed by atoms with E-state index in [-0.39, 0.29) is 5.41 Å². The number of hydrogen-bond acceptors (Lipinski definition) is 1. The van der Waals surface area contributed by atoms with Gasteiger partial charge in [-0.25, -0.2) is 0 Å². The lowest BCUT2D eigenvalue weighted by Gasteiger charge is -2.39. The summed E-state index contributed by atoms with van der Waals surface area (Å²) in [6.07, 6.45) is 0. The molecule has 65 heavy (non-hydrogen) atoms. The maximum atomic E-state index is 2.48. The molecule has 1 aliphatic carbocycles. The van der Waals surface area contributed by atoms with Crippen molar-refractivity contribution in [1.29, 1.82) is 0 Å². The third-order valence-electron chi connectivity index (χ3n) is 13.7. The van der Waals surface area contributed by atoms with Crippen molar-refractivity contribution in [2.75, 3.05) is 4.90 Å². The van der Waals surface area contributed by atoms with Crippen molar-refractivity contribution in [3.8, 4) is 55.6 Å². The number of fused-ring (bicyclic) bond motifs is 6. The van der Waals surface area contributed by atoms with E-state index in [9.17, 15) is 0 Å². The summed E-state index contributed by atoms with van der Waals surface area (Å²) in [6.45, 7) is 4.74. The molecule has 0 aromatic heterocycles. The predicted octanol–water partition coefficient (Wildman–Crippen LogP) is 17.8. The molecule has 2 aliphatic rings. The summed E-state index contributed by atoms with van der Waals surface area (Å²) < 4.78 is 0. The summed E-state index contributed by atoms with van der Waals surface area (Å²) in [5.74, 6) is 0. The van der Waals surface area contributed by atoms with E-state index in [0.717, 1.165) is 17.1 Å². The molecule has 12 rings (SSSR count). The van der Waals surface area contributed by atoms with Gasteiger partial charge in [0.1, 0.15) is 0 Å². The molecule has 0 radical (unpaired) electrons. The van der Waals surface area contributed by atoms with Gasteiger partial charge < -0.3 is 4.90 Å². The second-order valence-corrected chi connectivity index (χ2v) is 20.7. The van der Waals surface area contributed by atoms with Crippen LogP contribution in [0, 0.1) is 0 Å². The SMILES string of the molecule is CC1(C)c2ccccc2-c2ccc(N(c3ccc(-c4cccc5c4-c4ccccc4S5(c4ccccc4)c4ccccc4)cc3)c3ccc(-c4ccccc4)cc3-c3ccccc3)cc21. The van der Waals surface area contributed by atoms with Crippen LogP contribution < -0.4 is 4.90 Å². The first-order valence-electron chi connectivity index (χ1n) is 22.6. The molecule has 10 aromatic carbocycles. The van der Waals surface area contributed by atoms with Gasteiger partial charge in [-0.3, -0.25) is 0 Å². The zero-order valence-corrected chi connectivity index (χ0v) is 37.3. The fourth-order valence-corrected chi connectivity index (χ4v) is 14.9. The molecule has 1 heterocycles. The molecule has 0 fully saturated rings. The lowest BCUT2D eigenvalue weighted by molar-refractivity contribution is 0.660. The Morgan fingerprint density at radius 1 is 0.323 bits per heavy atom. The molecule has 0 spiro atoms. The van der Waals surface area contributed by atoms with Gasteiger partial charge in [-0.05, 0) is 128 Å². The van der Waals surface area contributed by atoms with Crippen molar-refractivity contribution in [3.63, 3.8) is 0 Å². The van der Waals surface area contributed by atoms with E-state index in [0.29, 0.717) is 0 Å². The Hall–Kier alpha value is -7.65. The average Bonchev–Trinajstić information content (AvgIpc) is 3.81. The van der Waals surface area contributed by atoms with Crippen LogP contribution in [0.15, 0.2) is 268 Å². The molecule has 0 N–H and O–H groups in total. The van der Waals surface area contributed by atoms with Crippen molar-refractivity contribution < 1.29 is 0 Å². The molecule has 310 valence electrons. The van der Waals surface area contributed by atoms with Crippen LogP contribution in [0.5, 0.6) is 0 Å². The smallest absolute Gasteiger partial charge is 0.0540 e. The van der Waals surface area contributed by atoms with Gasteiger partial charge in [-0.15, -0.1) is 10.0 Å². The molecule has 0 saturated heterocycles.